The first-order chi connectivity index (χ1) is 15.6. The minimum Gasteiger partial charge on any atom is -0.494 e. The number of benzene rings is 3. The summed E-state index contributed by atoms with van der Waals surface area (Å²) in [5, 5.41) is 16.2. The normalized spacial score (nSPS) is 15.2. The summed E-state index contributed by atoms with van der Waals surface area (Å²) in [6, 6.07) is 24.0. The van der Waals surface area contributed by atoms with Crippen LogP contribution in [0.1, 0.15) is 16.7 Å². The van der Waals surface area contributed by atoms with E-state index in [-0.39, 0.29) is 11.6 Å². The zero-order valence-electron chi connectivity index (χ0n) is 16.8. The van der Waals surface area contributed by atoms with E-state index in [1.165, 1.54) is 0 Å². The van der Waals surface area contributed by atoms with Crippen molar-refractivity contribution in [3.05, 3.63) is 101 Å². The van der Waals surface area contributed by atoms with Gasteiger partial charge in [-0.25, -0.2) is 9.79 Å². The summed E-state index contributed by atoms with van der Waals surface area (Å²) in [6.07, 6.45) is 1.59. The van der Waals surface area contributed by atoms with Crippen LogP contribution in [0.3, 0.4) is 0 Å². The van der Waals surface area contributed by atoms with E-state index in [2.05, 4.69) is 15.6 Å². The van der Waals surface area contributed by atoms with Gasteiger partial charge < -0.3 is 15.4 Å². The molecule has 3 aromatic carbocycles. The number of aromatic hydroxyl groups is 1. The summed E-state index contributed by atoms with van der Waals surface area (Å²) >= 11 is 0. The van der Waals surface area contributed by atoms with Crippen molar-refractivity contribution >= 4 is 40.3 Å². The minimum atomic E-state index is -0.534. The highest BCUT2D eigenvalue weighted by molar-refractivity contribution is 6.21. The predicted molar refractivity (Wildman–Crippen MR) is 123 cm³/mol. The van der Waals surface area contributed by atoms with E-state index in [0.29, 0.717) is 17.0 Å². The van der Waals surface area contributed by atoms with Gasteiger partial charge in [-0.05, 0) is 29.8 Å². The van der Waals surface area contributed by atoms with Crippen LogP contribution in [-0.4, -0.2) is 27.7 Å². The average Bonchev–Trinajstić information content (AvgIpc) is 3.30. The third kappa shape index (κ3) is 3.63. The molecule has 0 bridgehead atoms. The van der Waals surface area contributed by atoms with Gasteiger partial charge in [0.1, 0.15) is 5.70 Å². The van der Waals surface area contributed by atoms with Crippen LogP contribution in [0, 0.1) is 0 Å². The molecule has 4 aromatic rings. The zero-order chi connectivity index (χ0) is 22.1. The van der Waals surface area contributed by atoms with Crippen molar-refractivity contribution in [3.8, 4) is 5.88 Å². The van der Waals surface area contributed by atoms with Gasteiger partial charge >= 0.3 is 6.03 Å². The molecule has 7 heteroatoms. The Morgan fingerprint density at radius 3 is 2.28 bits per heavy atom. The molecule has 4 N–H and O–H groups in total. The number of amides is 3. The fourth-order valence-electron chi connectivity index (χ4n) is 3.65. The van der Waals surface area contributed by atoms with Crippen molar-refractivity contribution in [2.24, 2.45) is 4.99 Å². The molecule has 0 saturated carbocycles. The van der Waals surface area contributed by atoms with Crippen molar-refractivity contribution in [2.75, 3.05) is 0 Å². The van der Waals surface area contributed by atoms with Gasteiger partial charge in [-0.3, -0.25) is 10.1 Å². The molecule has 3 amide bonds. The summed E-state index contributed by atoms with van der Waals surface area (Å²) in [7, 11) is 0. The maximum atomic E-state index is 11.7. The fourth-order valence-corrected chi connectivity index (χ4v) is 3.65. The van der Waals surface area contributed by atoms with E-state index in [1.807, 2.05) is 66.7 Å². The van der Waals surface area contributed by atoms with Crippen molar-refractivity contribution in [1.82, 2.24) is 15.6 Å². The van der Waals surface area contributed by atoms with Crippen molar-refractivity contribution in [3.63, 3.8) is 0 Å². The third-order valence-electron chi connectivity index (χ3n) is 5.14. The third-order valence-corrected chi connectivity index (χ3v) is 5.14. The molecular weight excluding hydrogens is 404 g/mol. The van der Waals surface area contributed by atoms with Gasteiger partial charge in [-0.15, -0.1) is 0 Å². The largest absolute Gasteiger partial charge is 0.494 e. The number of fused-ring (bicyclic) bond motifs is 1. The Morgan fingerprint density at radius 1 is 0.844 bits per heavy atom. The molecule has 1 saturated heterocycles. The second kappa shape index (κ2) is 7.88. The predicted octanol–water partition coefficient (Wildman–Crippen LogP) is 4.22. The van der Waals surface area contributed by atoms with Crippen LogP contribution in [0.15, 0.2) is 89.6 Å². The Labute approximate surface area is 183 Å². The number of aromatic amines is 1. The summed E-state index contributed by atoms with van der Waals surface area (Å²) in [4.78, 5) is 30.9. The Morgan fingerprint density at radius 2 is 1.56 bits per heavy atom. The highest BCUT2D eigenvalue weighted by atomic mass is 16.3. The van der Waals surface area contributed by atoms with Gasteiger partial charge in [0.2, 0.25) is 0 Å². The van der Waals surface area contributed by atoms with Crippen LogP contribution < -0.4 is 10.6 Å². The summed E-state index contributed by atoms with van der Waals surface area (Å²) < 4.78 is 0. The van der Waals surface area contributed by atoms with Crippen LogP contribution in [0.4, 0.5) is 10.5 Å². The SMILES string of the molecule is O=C1NC(=O)/C(=C/c2ccc(N=C(c3ccccc3)c3c(O)[nH]c4ccccc34)cc2)N1. The number of imide groups is 1. The van der Waals surface area contributed by atoms with E-state index < -0.39 is 11.9 Å². The molecule has 0 radical (unpaired) electrons. The molecule has 5 rings (SSSR count). The van der Waals surface area contributed by atoms with Gasteiger partial charge in [-0.1, -0.05) is 60.7 Å². The maximum absolute atomic E-state index is 11.7. The Bertz CT molecular complexity index is 1400. The van der Waals surface area contributed by atoms with Crippen molar-refractivity contribution < 1.29 is 14.7 Å². The first-order valence-corrected chi connectivity index (χ1v) is 9.97. The van der Waals surface area contributed by atoms with Gasteiger partial charge in [-0.2, -0.15) is 0 Å². The Hall–Kier alpha value is -4.65. The molecule has 156 valence electrons. The standard InChI is InChI=1S/C25H18N4O3/c30-23-20(28-25(32)29-23)14-15-10-12-17(13-11-15)26-22(16-6-2-1-3-7-16)21-18-8-4-5-9-19(18)27-24(21)31/h1-14,27,31H,(H2,28,29,30,32)/b20-14-,26-22?. The summed E-state index contributed by atoms with van der Waals surface area (Å²) in [5.41, 5.74) is 4.56. The number of urea groups is 1. The maximum Gasteiger partial charge on any atom is 0.326 e. The lowest BCUT2D eigenvalue weighted by Crippen LogP contribution is -2.22. The zero-order valence-corrected chi connectivity index (χ0v) is 16.8. The Kier molecular flexibility index (Phi) is 4.76. The molecule has 2 heterocycles. The van der Waals surface area contributed by atoms with Gasteiger partial charge in [0, 0.05) is 16.5 Å². The number of nitrogens with one attached hydrogen (secondary N) is 3. The monoisotopic (exact) mass is 422 g/mol. The smallest absolute Gasteiger partial charge is 0.326 e. The van der Waals surface area contributed by atoms with E-state index in [4.69, 9.17) is 4.99 Å². The molecule has 1 aromatic heterocycles. The van der Waals surface area contributed by atoms with Crippen LogP contribution in [0.5, 0.6) is 5.88 Å². The highest BCUT2D eigenvalue weighted by Crippen LogP contribution is 2.31. The minimum absolute atomic E-state index is 0.0538. The number of aromatic nitrogens is 1. The second-order valence-corrected chi connectivity index (χ2v) is 7.28. The molecule has 0 aliphatic carbocycles. The van der Waals surface area contributed by atoms with Crippen LogP contribution in [0.2, 0.25) is 0 Å². The number of hydrogen-bond donors (Lipinski definition) is 4. The molecule has 0 atom stereocenters. The number of hydrogen-bond acceptors (Lipinski definition) is 4. The number of rotatable bonds is 4. The quantitative estimate of drug-likeness (QED) is 0.225. The van der Waals surface area contributed by atoms with Gasteiger partial charge in [0.05, 0.1) is 17.0 Å². The topological polar surface area (TPSA) is 107 Å². The molecule has 1 aliphatic heterocycles. The van der Waals surface area contributed by atoms with Gasteiger partial charge in [0.15, 0.2) is 5.88 Å². The van der Waals surface area contributed by atoms with Crippen LogP contribution in [0.25, 0.3) is 17.0 Å². The highest BCUT2D eigenvalue weighted by Gasteiger charge is 2.22. The first-order valence-electron chi connectivity index (χ1n) is 9.97. The molecular formula is C25H18N4O3. The van der Waals surface area contributed by atoms with E-state index in [1.54, 1.807) is 18.2 Å². The van der Waals surface area contributed by atoms with E-state index in [0.717, 1.165) is 22.0 Å². The second-order valence-electron chi connectivity index (χ2n) is 7.28. The molecule has 32 heavy (non-hydrogen) atoms. The number of aliphatic imine (C=N–C) groups is 1. The number of nitrogens with zero attached hydrogens (tertiary/aromatic N) is 1. The molecule has 0 spiro atoms. The number of carbonyl (C=O) groups excluding carboxylic acids is 2. The molecule has 1 aliphatic rings. The van der Waals surface area contributed by atoms with Crippen molar-refractivity contribution in [1.29, 1.82) is 0 Å². The summed E-state index contributed by atoms with van der Waals surface area (Å²) in [6.45, 7) is 0. The lowest BCUT2D eigenvalue weighted by molar-refractivity contribution is -0.115. The number of H-pyrrole nitrogens is 1. The number of carbonyl (C=O) groups is 2. The summed E-state index contributed by atoms with van der Waals surface area (Å²) in [5.74, 6) is -0.406. The molecule has 7 nitrogen and oxygen atoms in total. The molecule has 0 unspecified atom stereocenters. The molecule has 1 fully saturated rings. The number of para-hydroxylation sites is 1. The first kappa shape index (κ1) is 19.3. The van der Waals surface area contributed by atoms with E-state index in [9.17, 15) is 14.7 Å². The van der Waals surface area contributed by atoms with Crippen LogP contribution >= 0.6 is 0 Å². The van der Waals surface area contributed by atoms with Crippen LogP contribution in [-0.2, 0) is 4.79 Å². The Balaban J connectivity index is 1.58. The lowest BCUT2D eigenvalue weighted by atomic mass is 10.0. The van der Waals surface area contributed by atoms with E-state index >= 15 is 0 Å². The lowest BCUT2D eigenvalue weighted by Gasteiger charge is -2.08. The van der Waals surface area contributed by atoms with Gasteiger partial charge in [0.25, 0.3) is 5.91 Å². The fraction of sp³-hybridized carbons (Fsp3) is 0. The van der Waals surface area contributed by atoms with Crippen molar-refractivity contribution in [2.45, 2.75) is 0 Å². The average molecular weight is 422 g/mol.